The first kappa shape index (κ1) is 19.3. The van der Waals surface area contributed by atoms with Crippen molar-refractivity contribution in [1.29, 1.82) is 0 Å². The van der Waals surface area contributed by atoms with Crippen molar-refractivity contribution in [1.82, 2.24) is 9.88 Å². The van der Waals surface area contributed by atoms with Gasteiger partial charge in [-0.25, -0.2) is 4.98 Å². The number of benzene rings is 1. The molecule has 1 aromatic carbocycles. The topological polar surface area (TPSA) is 119 Å². The molecule has 9 heteroatoms. The van der Waals surface area contributed by atoms with E-state index in [1.54, 1.807) is 6.07 Å². The van der Waals surface area contributed by atoms with Gasteiger partial charge in [0.25, 0.3) is 5.91 Å². The number of rotatable bonds is 6. The third kappa shape index (κ3) is 4.53. The maximum atomic E-state index is 12.5. The van der Waals surface area contributed by atoms with Crippen LogP contribution in [0.4, 0.5) is 10.9 Å². The van der Waals surface area contributed by atoms with Gasteiger partial charge >= 0.3 is 0 Å². The van der Waals surface area contributed by atoms with Crippen molar-refractivity contribution >= 4 is 33.9 Å². The van der Waals surface area contributed by atoms with E-state index in [-0.39, 0.29) is 17.5 Å². The molecular weight excluding hydrogens is 390 g/mol. The van der Waals surface area contributed by atoms with Crippen molar-refractivity contribution in [3.63, 3.8) is 0 Å². The van der Waals surface area contributed by atoms with E-state index in [0.717, 1.165) is 24.4 Å². The standard InChI is InChI=1S/C20H21N5O3S/c21-16(13-4-2-1-3-5-13)17-18(22)23-20(29-17)24-19(26)15-7-6-14(28-15)12-25-8-10-27-11-9-25/h1-7,21H,8-12,22H2,(H,23,24,26)/p+1. The molecule has 1 amide bonds. The lowest BCUT2D eigenvalue weighted by Gasteiger charge is -2.25. The maximum Gasteiger partial charge on any atom is 0.293 e. The zero-order valence-corrected chi connectivity index (χ0v) is 16.6. The Kier molecular flexibility index (Phi) is 5.70. The third-order valence-electron chi connectivity index (χ3n) is 4.57. The number of hydrogen-bond acceptors (Lipinski definition) is 7. The molecule has 0 bridgehead atoms. The molecule has 3 heterocycles. The van der Waals surface area contributed by atoms with E-state index in [9.17, 15) is 4.79 Å². The number of carbonyl (C=O) groups is 1. The van der Waals surface area contributed by atoms with Gasteiger partial charge in [0.2, 0.25) is 5.71 Å². The Morgan fingerprint density at radius 2 is 1.97 bits per heavy atom. The Bertz CT molecular complexity index is 1010. The molecule has 0 unspecified atom stereocenters. The van der Waals surface area contributed by atoms with Gasteiger partial charge < -0.3 is 14.9 Å². The molecule has 29 heavy (non-hydrogen) atoms. The molecule has 0 saturated carbocycles. The van der Waals surface area contributed by atoms with E-state index in [1.165, 1.54) is 11.3 Å². The molecule has 0 radical (unpaired) electrons. The van der Waals surface area contributed by atoms with Crippen LogP contribution in [0.15, 0.2) is 46.9 Å². The fourth-order valence-corrected chi connectivity index (χ4v) is 3.91. The highest BCUT2D eigenvalue weighted by Crippen LogP contribution is 2.27. The van der Waals surface area contributed by atoms with Gasteiger partial charge in [0.05, 0.1) is 19.8 Å². The number of nitrogen functional groups attached to an aromatic ring is 1. The number of nitrogens with one attached hydrogen (secondary N) is 1. The zero-order chi connectivity index (χ0) is 20.2. The van der Waals surface area contributed by atoms with Crippen LogP contribution in [-0.2, 0) is 11.3 Å². The van der Waals surface area contributed by atoms with Gasteiger partial charge in [-0.1, -0.05) is 29.5 Å². The van der Waals surface area contributed by atoms with Crippen LogP contribution in [0.3, 0.4) is 0 Å². The van der Waals surface area contributed by atoms with E-state index < -0.39 is 0 Å². The summed E-state index contributed by atoms with van der Waals surface area (Å²) in [7, 11) is 0. The molecule has 0 atom stereocenters. The lowest BCUT2D eigenvalue weighted by Crippen LogP contribution is -2.40. The fourth-order valence-electron chi connectivity index (χ4n) is 3.05. The SMILES string of the molecule is Nc1nc(NC(=O)c2ccc(CN3CCOCC3)o2)sc1C(=[NH2+])c1ccccc1. The quantitative estimate of drug-likeness (QED) is 0.520. The Balaban J connectivity index is 1.42. The number of thiazole rings is 1. The van der Waals surface area contributed by atoms with Crippen molar-refractivity contribution < 1.29 is 19.4 Å². The Hall–Kier alpha value is -3.01. The van der Waals surface area contributed by atoms with Gasteiger partial charge in [-0.05, 0) is 24.3 Å². The summed E-state index contributed by atoms with van der Waals surface area (Å²) >= 11 is 1.23. The lowest BCUT2D eigenvalue weighted by atomic mass is 10.1. The number of amides is 1. The lowest BCUT2D eigenvalue weighted by molar-refractivity contribution is -0.111. The summed E-state index contributed by atoms with van der Waals surface area (Å²) in [6.07, 6.45) is 0. The predicted molar refractivity (Wildman–Crippen MR) is 111 cm³/mol. The number of furan rings is 1. The first-order valence-electron chi connectivity index (χ1n) is 9.25. The van der Waals surface area contributed by atoms with Crippen molar-refractivity contribution in [2.45, 2.75) is 6.54 Å². The molecule has 3 aromatic rings. The monoisotopic (exact) mass is 412 g/mol. The minimum absolute atomic E-state index is 0.226. The molecule has 2 aromatic heterocycles. The zero-order valence-electron chi connectivity index (χ0n) is 15.8. The smallest absolute Gasteiger partial charge is 0.293 e. The van der Waals surface area contributed by atoms with Gasteiger partial charge in [-0.15, -0.1) is 0 Å². The van der Waals surface area contributed by atoms with Crippen molar-refractivity contribution in [2.75, 3.05) is 37.4 Å². The summed E-state index contributed by atoms with van der Waals surface area (Å²) in [4.78, 5) is 19.6. The number of aromatic nitrogens is 1. The molecule has 0 aliphatic carbocycles. The number of nitrogens with zero attached hydrogens (tertiary/aromatic N) is 2. The Morgan fingerprint density at radius 1 is 1.21 bits per heavy atom. The normalized spacial score (nSPS) is 14.6. The average Bonchev–Trinajstić information content (AvgIpc) is 3.35. The second kappa shape index (κ2) is 8.56. The van der Waals surface area contributed by atoms with E-state index >= 15 is 0 Å². The first-order valence-corrected chi connectivity index (χ1v) is 10.1. The number of hydrogen-bond donors (Lipinski definition) is 3. The van der Waals surface area contributed by atoms with Crippen molar-refractivity contribution in [3.8, 4) is 0 Å². The molecule has 8 nitrogen and oxygen atoms in total. The van der Waals surface area contributed by atoms with Crippen LogP contribution in [0.25, 0.3) is 0 Å². The van der Waals surface area contributed by atoms with E-state index in [4.69, 9.17) is 20.3 Å². The van der Waals surface area contributed by atoms with Crippen LogP contribution in [0, 0.1) is 0 Å². The summed E-state index contributed by atoms with van der Waals surface area (Å²) in [6.45, 7) is 3.77. The van der Waals surface area contributed by atoms with Crippen LogP contribution in [-0.4, -0.2) is 47.8 Å². The summed E-state index contributed by atoms with van der Waals surface area (Å²) in [6, 6.07) is 13.0. The molecule has 1 aliphatic rings. The van der Waals surface area contributed by atoms with Crippen LogP contribution >= 0.6 is 11.3 Å². The third-order valence-corrected chi connectivity index (χ3v) is 5.59. The second-order valence-electron chi connectivity index (χ2n) is 6.62. The summed E-state index contributed by atoms with van der Waals surface area (Å²) < 4.78 is 11.0. The first-order chi connectivity index (χ1) is 14.1. The van der Waals surface area contributed by atoms with Gasteiger partial charge in [0, 0.05) is 18.7 Å². The summed E-state index contributed by atoms with van der Waals surface area (Å²) in [5.41, 5.74) is 7.38. The van der Waals surface area contributed by atoms with E-state index in [2.05, 4.69) is 15.2 Å². The van der Waals surface area contributed by atoms with E-state index in [1.807, 2.05) is 36.4 Å². The second-order valence-corrected chi connectivity index (χ2v) is 7.62. The van der Waals surface area contributed by atoms with Gasteiger partial charge in [-0.3, -0.25) is 20.4 Å². The van der Waals surface area contributed by atoms with Crippen LogP contribution in [0.1, 0.15) is 26.8 Å². The van der Waals surface area contributed by atoms with Crippen molar-refractivity contribution in [2.24, 2.45) is 0 Å². The van der Waals surface area contributed by atoms with Gasteiger partial charge in [0.15, 0.2) is 16.7 Å². The largest absolute Gasteiger partial charge is 0.455 e. The number of nitrogens with two attached hydrogens (primary N) is 2. The average molecular weight is 412 g/mol. The predicted octanol–water partition coefficient (Wildman–Crippen LogP) is 0.999. The minimum atomic E-state index is -0.378. The summed E-state index contributed by atoms with van der Waals surface area (Å²) in [5, 5.41) is 9.33. The summed E-state index contributed by atoms with van der Waals surface area (Å²) in [5.74, 6) is 0.859. The molecule has 0 spiro atoms. The Morgan fingerprint density at radius 3 is 2.72 bits per heavy atom. The number of carbonyl (C=O) groups excluding carboxylic acids is 1. The highest BCUT2D eigenvalue weighted by molar-refractivity contribution is 7.18. The molecule has 4 rings (SSSR count). The maximum absolute atomic E-state index is 12.5. The number of morpholine rings is 1. The van der Waals surface area contributed by atoms with Gasteiger partial charge in [0.1, 0.15) is 10.6 Å². The van der Waals surface area contributed by atoms with Crippen LogP contribution in [0.5, 0.6) is 0 Å². The highest BCUT2D eigenvalue weighted by Gasteiger charge is 2.21. The highest BCUT2D eigenvalue weighted by atomic mass is 32.1. The molecule has 5 N–H and O–H groups in total. The van der Waals surface area contributed by atoms with Gasteiger partial charge in [-0.2, -0.15) is 0 Å². The molecule has 1 fully saturated rings. The number of ether oxygens (including phenoxy) is 1. The van der Waals surface area contributed by atoms with Crippen LogP contribution in [0.2, 0.25) is 0 Å². The van der Waals surface area contributed by atoms with E-state index in [0.29, 0.717) is 35.5 Å². The minimum Gasteiger partial charge on any atom is -0.455 e. The Labute approximate surface area is 171 Å². The van der Waals surface area contributed by atoms with Crippen LogP contribution < -0.4 is 16.5 Å². The molecule has 1 aliphatic heterocycles. The molecule has 1 saturated heterocycles. The van der Waals surface area contributed by atoms with Crippen molar-refractivity contribution in [3.05, 3.63) is 64.4 Å². The number of anilines is 2. The molecule has 150 valence electrons. The molecular formula is C20H22N5O3S+. The fraction of sp³-hybridized carbons (Fsp3) is 0.250.